The summed E-state index contributed by atoms with van der Waals surface area (Å²) >= 11 is 0. The van der Waals surface area contributed by atoms with Gasteiger partial charge in [-0.1, -0.05) is 18.2 Å². The maximum absolute atomic E-state index is 13.4. The summed E-state index contributed by atoms with van der Waals surface area (Å²) in [6.07, 6.45) is 1.34. The predicted octanol–water partition coefficient (Wildman–Crippen LogP) is 1.63. The molecule has 3 heterocycles. The van der Waals surface area contributed by atoms with Crippen molar-refractivity contribution < 1.29 is 19.1 Å². The fourth-order valence-electron chi connectivity index (χ4n) is 4.54. The number of piperazine rings is 1. The Morgan fingerprint density at radius 1 is 1.03 bits per heavy atom. The first-order valence-electron chi connectivity index (χ1n) is 10.1. The number of pyridine rings is 1. The number of para-hydroxylation sites is 1. The lowest BCUT2D eigenvalue weighted by Gasteiger charge is -2.35. The van der Waals surface area contributed by atoms with Crippen molar-refractivity contribution in [1.82, 2.24) is 14.4 Å². The number of carbonyl (C=O) groups is 3. The molecule has 0 radical (unpaired) electrons. The number of nitrogens with zero attached hydrogens (tertiary/aromatic N) is 3. The van der Waals surface area contributed by atoms with E-state index in [2.05, 4.69) is 0 Å². The van der Waals surface area contributed by atoms with Gasteiger partial charge in [0.25, 0.3) is 11.5 Å². The first kappa shape index (κ1) is 18.6. The molecule has 1 aromatic carbocycles. The quantitative estimate of drug-likeness (QED) is 0.755. The van der Waals surface area contributed by atoms with Crippen LogP contribution in [0.25, 0.3) is 5.69 Å². The Morgan fingerprint density at radius 2 is 1.83 bits per heavy atom. The van der Waals surface area contributed by atoms with E-state index in [1.165, 1.54) is 10.6 Å². The van der Waals surface area contributed by atoms with Crippen molar-refractivity contribution in [1.29, 1.82) is 0 Å². The second kappa shape index (κ2) is 7.12. The second-order valence-corrected chi connectivity index (χ2v) is 7.85. The van der Waals surface area contributed by atoms with E-state index in [-0.39, 0.29) is 30.1 Å². The molecule has 30 heavy (non-hydrogen) atoms. The maximum atomic E-state index is 13.4. The summed E-state index contributed by atoms with van der Waals surface area (Å²) in [6.45, 7) is 1.23. The number of fused-ring (bicyclic) bond motifs is 2. The molecule has 8 heteroatoms. The lowest BCUT2D eigenvalue weighted by molar-refractivity contribution is 0.0614. The summed E-state index contributed by atoms with van der Waals surface area (Å²) in [7, 11) is 0. The molecule has 2 saturated heterocycles. The van der Waals surface area contributed by atoms with E-state index >= 15 is 0 Å². The van der Waals surface area contributed by atoms with Crippen LogP contribution in [0.5, 0.6) is 0 Å². The van der Waals surface area contributed by atoms with E-state index < -0.39 is 11.5 Å². The standard InChI is InChI=1S/C22H21N3O5/c26-19-8-4-7-18-16(19)11-17(21(28)25(18)14-5-2-1-3-6-14)20(27)23-9-10-24-15(12-23)13-30-22(24)29/h1-3,5-6,11,15H,4,7-10,12-13H2. The van der Waals surface area contributed by atoms with Crippen LogP contribution in [0.2, 0.25) is 0 Å². The van der Waals surface area contributed by atoms with Gasteiger partial charge in [0.15, 0.2) is 5.78 Å². The van der Waals surface area contributed by atoms with Gasteiger partial charge >= 0.3 is 6.09 Å². The highest BCUT2D eigenvalue weighted by Crippen LogP contribution is 2.25. The van der Waals surface area contributed by atoms with E-state index in [9.17, 15) is 19.2 Å². The van der Waals surface area contributed by atoms with Gasteiger partial charge in [0.05, 0.1) is 6.04 Å². The molecular formula is C22H21N3O5. The van der Waals surface area contributed by atoms with Crippen LogP contribution in [0.1, 0.15) is 39.3 Å². The highest BCUT2D eigenvalue weighted by molar-refractivity contribution is 6.02. The average Bonchev–Trinajstić information content (AvgIpc) is 3.14. The number of Topliss-reactive ketones (excluding diaryl/α,β-unsaturated/α-hetero) is 1. The Kier molecular flexibility index (Phi) is 4.42. The summed E-state index contributed by atoms with van der Waals surface area (Å²) < 4.78 is 6.57. The molecule has 2 aliphatic heterocycles. The van der Waals surface area contributed by atoms with Gasteiger partial charge in [-0.15, -0.1) is 0 Å². The Labute approximate surface area is 172 Å². The van der Waals surface area contributed by atoms with E-state index in [1.54, 1.807) is 21.9 Å². The number of benzene rings is 1. The molecule has 1 aliphatic carbocycles. The highest BCUT2D eigenvalue weighted by Gasteiger charge is 2.39. The maximum Gasteiger partial charge on any atom is 0.410 e. The lowest BCUT2D eigenvalue weighted by atomic mass is 9.92. The normalized spacial score (nSPS) is 20.6. The molecule has 154 valence electrons. The van der Waals surface area contributed by atoms with Crippen molar-refractivity contribution in [3.63, 3.8) is 0 Å². The monoisotopic (exact) mass is 407 g/mol. The van der Waals surface area contributed by atoms with E-state index in [0.717, 1.165) is 0 Å². The molecule has 0 bridgehead atoms. The van der Waals surface area contributed by atoms with Crippen LogP contribution >= 0.6 is 0 Å². The number of rotatable bonds is 2. The zero-order valence-corrected chi connectivity index (χ0v) is 16.4. The third kappa shape index (κ3) is 2.91. The average molecular weight is 407 g/mol. The van der Waals surface area contributed by atoms with Crippen molar-refractivity contribution in [2.24, 2.45) is 0 Å². The summed E-state index contributed by atoms with van der Waals surface area (Å²) in [4.78, 5) is 54.3. The predicted molar refractivity (Wildman–Crippen MR) is 107 cm³/mol. The van der Waals surface area contributed by atoms with Gasteiger partial charge in [-0.25, -0.2) is 4.79 Å². The van der Waals surface area contributed by atoms with Crippen molar-refractivity contribution in [2.75, 3.05) is 26.2 Å². The van der Waals surface area contributed by atoms with Gasteiger partial charge in [-0.05, 0) is 31.0 Å². The molecule has 0 spiro atoms. The first-order chi connectivity index (χ1) is 14.5. The van der Waals surface area contributed by atoms with Gasteiger partial charge in [0, 0.05) is 43.0 Å². The first-order valence-corrected chi connectivity index (χ1v) is 10.1. The largest absolute Gasteiger partial charge is 0.447 e. The number of ketones is 1. The van der Waals surface area contributed by atoms with Crippen molar-refractivity contribution in [3.05, 3.63) is 63.6 Å². The summed E-state index contributed by atoms with van der Waals surface area (Å²) in [6, 6.07) is 10.4. The molecule has 1 unspecified atom stereocenters. The molecule has 2 aromatic rings. The van der Waals surface area contributed by atoms with Gasteiger partial charge in [0.1, 0.15) is 12.2 Å². The van der Waals surface area contributed by atoms with E-state index in [4.69, 9.17) is 4.74 Å². The van der Waals surface area contributed by atoms with Crippen LogP contribution < -0.4 is 5.56 Å². The van der Waals surface area contributed by atoms with Crippen molar-refractivity contribution in [3.8, 4) is 5.69 Å². The minimum atomic E-state index is -0.416. The van der Waals surface area contributed by atoms with Crippen LogP contribution in [0.4, 0.5) is 4.79 Å². The van der Waals surface area contributed by atoms with Crippen LogP contribution in [-0.4, -0.2) is 64.4 Å². The Hall–Kier alpha value is -3.42. The number of carbonyl (C=O) groups excluding carboxylic acids is 3. The molecule has 1 aromatic heterocycles. The number of cyclic esters (lactones) is 1. The molecule has 0 saturated carbocycles. The summed E-state index contributed by atoms with van der Waals surface area (Å²) in [5.74, 6) is -0.459. The number of ether oxygens (including phenoxy) is 1. The topological polar surface area (TPSA) is 88.9 Å². The smallest absolute Gasteiger partial charge is 0.410 e. The van der Waals surface area contributed by atoms with Crippen LogP contribution in [0, 0.1) is 0 Å². The molecule has 5 rings (SSSR count). The zero-order valence-electron chi connectivity index (χ0n) is 16.4. The molecule has 2 fully saturated rings. The molecule has 2 amide bonds. The Morgan fingerprint density at radius 3 is 2.63 bits per heavy atom. The van der Waals surface area contributed by atoms with E-state index in [1.807, 2.05) is 18.2 Å². The van der Waals surface area contributed by atoms with E-state index in [0.29, 0.717) is 55.8 Å². The Balaban J connectivity index is 1.58. The summed E-state index contributed by atoms with van der Waals surface area (Å²) in [5.41, 5.74) is 1.33. The van der Waals surface area contributed by atoms with Crippen LogP contribution in [0.3, 0.4) is 0 Å². The summed E-state index contributed by atoms with van der Waals surface area (Å²) in [5, 5.41) is 0. The third-order valence-electron chi connectivity index (χ3n) is 6.07. The molecule has 3 aliphatic rings. The van der Waals surface area contributed by atoms with Crippen molar-refractivity contribution >= 4 is 17.8 Å². The highest BCUT2D eigenvalue weighted by atomic mass is 16.6. The second-order valence-electron chi connectivity index (χ2n) is 7.85. The zero-order chi connectivity index (χ0) is 20.8. The minimum Gasteiger partial charge on any atom is -0.447 e. The minimum absolute atomic E-state index is 0.00783. The van der Waals surface area contributed by atoms with Gasteiger partial charge in [-0.2, -0.15) is 0 Å². The molecule has 1 atom stereocenters. The van der Waals surface area contributed by atoms with Crippen LogP contribution in [0.15, 0.2) is 41.2 Å². The Bertz CT molecular complexity index is 1110. The fourth-order valence-corrected chi connectivity index (χ4v) is 4.54. The van der Waals surface area contributed by atoms with Crippen LogP contribution in [-0.2, 0) is 11.2 Å². The molecular weight excluding hydrogens is 386 g/mol. The fraction of sp³-hybridized carbons (Fsp3) is 0.364. The van der Waals surface area contributed by atoms with Gasteiger partial charge in [-0.3, -0.25) is 23.9 Å². The number of hydrogen-bond donors (Lipinski definition) is 0. The SMILES string of the molecule is O=C1CCCc2c1cc(C(=O)N1CCN3C(=O)OCC3C1)c(=O)n2-c1ccccc1. The lowest BCUT2D eigenvalue weighted by Crippen LogP contribution is -2.54. The number of aromatic nitrogens is 1. The van der Waals surface area contributed by atoms with Gasteiger partial charge in [0.2, 0.25) is 0 Å². The van der Waals surface area contributed by atoms with Crippen molar-refractivity contribution in [2.45, 2.75) is 25.3 Å². The molecule has 0 N–H and O–H groups in total. The number of hydrogen-bond acceptors (Lipinski definition) is 5. The van der Waals surface area contributed by atoms with Gasteiger partial charge < -0.3 is 9.64 Å². The third-order valence-corrected chi connectivity index (χ3v) is 6.07. The molecule has 8 nitrogen and oxygen atoms in total. The number of amides is 2.